The minimum absolute atomic E-state index is 0.0673. The fraction of sp³-hybridized carbons (Fsp3) is 0.417. The van der Waals surface area contributed by atoms with Crippen molar-refractivity contribution in [1.82, 2.24) is 4.90 Å². The van der Waals surface area contributed by atoms with E-state index in [-0.39, 0.29) is 5.91 Å². The zero-order chi connectivity index (χ0) is 12.4. The predicted molar refractivity (Wildman–Crippen MR) is 77.0 cm³/mol. The van der Waals surface area contributed by atoms with Crippen LogP contribution in [0.15, 0.2) is 22.7 Å². The number of piperidine rings is 1. The highest BCUT2D eigenvalue weighted by Crippen LogP contribution is 2.25. The predicted octanol–water partition coefficient (Wildman–Crippen LogP) is 4.10. The smallest absolute Gasteiger partial charge is 0.255 e. The van der Waals surface area contributed by atoms with Gasteiger partial charge in [-0.05, 0) is 47.0 Å². The van der Waals surface area contributed by atoms with Crippen molar-refractivity contribution in [3.63, 3.8) is 0 Å². The van der Waals surface area contributed by atoms with E-state index in [4.69, 9.17) is 11.6 Å². The lowest BCUT2D eigenvalue weighted by atomic mass is 10.1. The summed E-state index contributed by atoms with van der Waals surface area (Å²) in [5, 5.41) is 0.630. The summed E-state index contributed by atoms with van der Waals surface area (Å²) >= 11 is 12.8. The number of halogens is 3. The largest absolute Gasteiger partial charge is 0.337 e. The zero-order valence-corrected chi connectivity index (χ0v) is 13.1. The van der Waals surface area contributed by atoms with E-state index < -0.39 is 0 Å². The first-order valence-corrected chi connectivity index (χ1v) is 7.55. The lowest BCUT2D eigenvalue weighted by Gasteiger charge is -2.30. The maximum absolute atomic E-state index is 12.3. The van der Waals surface area contributed by atoms with E-state index in [2.05, 4.69) is 31.9 Å². The molecule has 0 radical (unpaired) electrons. The number of carbonyl (C=O) groups excluding carboxylic acids is 1. The Morgan fingerprint density at radius 2 is 2.24 bits per heavy atom. The van der Waals surface area contributed by atoms with Crippen molar-refractivity contribution in [3.8, 4) is 0 Å². The maximum atomic E-state index is 12.3. The minimum atomic E-state index is 0.0673. The Balaban J connectivity index is 2.18. The van der Waals surface area contributed by atoms with E-state index in [1.165, 1.54) is 0 Å². The Labute approximate surface area is 123 Å². The molecule has 1 aliphatic rings. The molecule has 1 atom stereocenters. The van der Waals surface area contributed by atoms with Gasteiger partial charge in [-0.3, -0.25) is 4.79 Å². The number of likely N-dealkylation sites (tertiary alicyclic amines) is 1. The lowest BCUT2D eigenvalue weighted by molar-refractivity contribution is 0.0729. The fourth-order valence-corrected chi connectivity index (χ4v) is 3.47. The Kier molecular flexibility index (Phi) is 4.50. The molecule has 1 amide bonds. The van der Waals surface area contributed by atoms with Crippen LogP contribution in [-0.2, 0) is 0 Å². The summed E-state index contributed by atoms with van der Waals surface area (Å²) in [6, 6.07) is 5.27. The third kappa shape index (κ3) is 3.24. The van der Waals surface area contributed by atoms with Crippen LogP contribution in [0.3, 0.4) is 0 Å². The van der Waals surface area contributed by atoms with Crippen LogP contribution < -0.4 is 0 Å². The second-order valence-corrected chi connectivity index (χ2v) is 6.70. The van der Waals surface area contributed by atoms with Crippen LogP contribution >= 0.6 is 43.5 Å². The highest BCUT2D eigenvalue weighted by molar-refractivity contribution is 9.10. The van der Waals surface area contributed by atoms with Crippen LogP contribution in [0.2, 0.25) is 5.02 Å². The van der Waals surface area contributed by atoms with Gasteiger partial charge in [-0.25, -0.2) is 0 Å². The van der Waals surface area contributed by atoms with Gasteiger partial charge in [-0.1, -0.05) is 27.5 Å². The van der Waals surface area contributed by atoms with Gasteiger partial charge in [0.05, 0.1) is 5.56 Å². The van der Waals surface area contributed by atoms with E-state index >= 15 is 0 Å². The first-order chi connectivity index (χ1) is 8.08. The summed E-state index contributed by atoms with van der Waals surface area (Å²) in [6.07, 6.45) is 2.18. The van der Waals surface area contributed by atoms with Crippen LogP contribution in [-0.4, -0.2) is 28.7 Å². The van der Waals surface area contributed by atoms with Crippen LogP contribution in [0, 0.1) is 0 Å². The molecule has 2 rings (SSSR count). The number of benzene rings is 1. The molecule has 2 nitrogen and oxygen atoms in total. The molecular formula is C12H12Br2ClNO. The molecule has 0 N–H and O–H groups in total. The Bertz CT molecular complexity index is 439. The first kappa shape index (κ1) is 13.4. The second-order valence-electron chi connectivity index (χ2n) is 4.11. The van der Waals surface area contributed by atoms with Crippen LogP contribution in [0.4, 0.5) is 0 Å². The normalized spacial score (nSPS) is 20.4. The molecule has 1 fully saturated rings. The van der Waals surface area contributed by atoms with Crippen molar-refractivity contribution in [3.05, 3.63) is 33.3 Å². The first-order valence-electron chi connectivity index (χ1n) is 5.46. The Hall–Kier alpha value is -0.0600. The molecule has 1 saturated heterocycles. The molecule has 1 aromatic rings. The van der Waals surface area contributed by atoms with E-state index in [1.54, 1.807) is 18.2 Å². The van der Waals surface area contributed by atoms with Gasteiger partial charge in [0.1, 0.15) is 0 Å². The van der Waals surface area contributed by atoms with Gasteiger partial charge < -0.3 is 4.90 Å². The van der Waals surface area contributed by atoms with Gasteiger partial charge in [0.25, 0.3) is 5.91 Å². The third-order valence-electron chi connectivity index (χ3n) is 2.81. The Morgan fingerprint density at radius 3 is 2.88 bits per heavy atom. The average Bonchev–Trinajstić information content (AvgIpc) is 2.28. The highest BCUT2D eigenvalue weighted by atomic mass is 79.9. The molecule has 1 aromatic carbocycles. The fourth-order valence-electron chi connectivity index (χ4n) is 1.94. The van der Waals surface area contributed by atoms with E-state index in [9.17, 15) is 4.79 Å². The molecule has 1 unspecified atom stereocenters. The van der Waals surface area contributed by atoms with Crippen LogP contribution in [0.25, 0.3) is 0 Å². The molecule has 1 aliphatic heterocycles. The SMILES string of the molecule is O=C(c1ccc(Cl)cc1Br)N1CCCC(Br)C1. The number of hydrogen-bond donors (Lipinski definition) is 0. The summed E-state index contributed by atoms with van der Waals surface area (Å²) in [6.45, 7) is 1.60. The van der Waals surface area contributed by atoms with Gasteiger partial charge in [-0.2, -0.15) is 0 Å². The quantitative estimate of drug-likeness (QED) is 0.671. The average molecular weight is 381 g/mol. The molecular weight excluding hydrogens is 369 g/mol. The summed E-state index contributed by atoms with van der Waals surface area (Å²) in [7, 11) is 0. The molecule has 5 heteroatoms. The summed E-state index contributed by atoms with van der Waals surface area (Å²) in [5.74, 6) is 0.0673. The van der Waals surface area contributed by atoms with E-state index in [1.807, 2.05) is 4.90 Å². The van der Waals surface area contributed by atoms with Crippen LogP contribution in [0.5, 0.6) is 0 Å². The second kappa shape index (κ2) is 5.72. The van der Waals surface area contributed by atoms with Gasteiger partial charge in [0.2, 0.25) is 0 Å². The van der Waals surface area contributed by atoms with Crippen molar-refractivity contribution >= 4 is 49.4 Å². The molecule has 0 aromatic heterocycles. The number of rotatable bonds is 1. The summed E-state index contributed by atoms with van der Waals surface area (Å²) in [5.41, 5.74) is 0.677. The van der Waals surface area contributed by atoms with Gasteiger partial charge in [0.15, 0.2) is 0 Å². The third-order valence-corrected chi connectivity index (χ3v) is 4.45. The number of carbonyl (C=O) groups is 1. The molecule has 0 aliphatic carbocycles. The van der Waals surface area contributed by atoms with E-state index in [0.717, 1.165) is 30.4 Å². The van der Waals surface area contributed by atoms with Crippen molar-refractivity contribution in [2.75, 3.05) is 13.1 Å². The summed E-state index contributed by atoms with van der Waals surface area (Å²) in [4.78, 5) is 14.6. The molecule has 92 valence electrons. The monoisotopic (exact) mass is 379 g/mol. The Morgan fingerprint density at radius 1 is 1.47 bits per heavy atom. The van der Waals surface area contributed by atoms with Crippen molar-refractivity contribution < 1.29 is 4.79 Å². The number of amides is 1. The number of alkyl halides is 1. The van der Waals surface area contributed by atoms with Gasteiger partial charge in [-0.15, -0.1) is 0 Å². The van der Waals surface area contributed by atoms with Crippen molar-refractivity contribution in [2.45, 2.75) is 17.7 Å². The standard InChI is InChI=1S/C12H12Br2ClNO/c13-8-2-1-5-16(7-8)12(17)10-4-3-9(15)6-11(10)14/h3-4,6,8H,1-2,5,7H2. The van der Waals surface area contributed by atoms with Gasteiger partial charge >= 0.3 is 0 Å². The summed E-state index contributed by atoms with van der Waals surface area (Å²) < 4.78 is 0.756. The van der Waals surface area contributed by atoms with Crippen LogP contribution in [0.1, 0.15) is 23.2 Å². The topological polar surface area (TPSA) is 20.3 Å². The molecule has 0 bridgehead atoms. The van der Waals surface area contributed by atoms with Gasteiger partial charge in [0, 0.05) is 27.4 Å². The molecule has 17 heavy (non-hydrogen) atoms. The van der Waals surface area contributed by atoms with Crippen molar-refractivity contribution in [2.24, 2.45) is 0 Å². The van der Waals surface area contributed by atoms with Crippen molar-refractivity contribution in [1.29, 1.82) is 0 Å². The zero-order valence-electron chi connectivity index (χ0n) is 9.13. The van der Waals surface area contributed by atoms with E-state index in [0.29, 0.717) is 15.4 Å². The number of hydrogen-bond acceptors (Lipinski definition) is 1. The highest BCUT2D eigenvalue weighted by Gasteiger charge is 2.24. The maximum Gasteiger partial charge on any atom is 0.255 e. The molecule has 0 spiro atoms. The molecule has 0 saturated carbocycles. The number of nitrogens with zero attached hydrogens (tertiary/aromatic N) is 1. The molecule has 1 heterocycles. The minimum Gasteiger partial charge on any atom is -0.337 e. The lowest BCUT2D eigenvalue weighted by Crippen LogP contribution is -2.40.